The summed E-state index contributed by atoms with van der Waals surface area (Å²) in [5.74, 6) is 6.68. The molecule has 0 aliphatic carbocycles. The van der Waals surface area contributed by atoms with Crippen molar-refractivity contribution in [3.8, 4) is 5.75 Å². The van der Waals surface area contributed by atoms with Gasteiger partial charge in [0, 0.05) is 29.6 Å². The maximum atomic E-state index is 6.19. The van der Waals surface area contributed by atoms with Gasteiger partial charge in [0.1, 0.15) is 5.75 Å². The maximum Gasteiger partial charge on any atom is 0.170 e. The molecule has 0 fully saturated rings. The number of aromatic nitrogens is 3. The second-order valence-electron chi connectivity index (χ2n) is 4.81. The van der Waals surface area contributed by atoms with E-state index in [9.17, 15) is 0 Å². The molecule has 0 atom stereocenters. The first kappa shape index (κ1) is 15.7. The van der Waals surface area contributed by atoms with Crippen molar-refractivity contribution < 1.29 is 4.74 Å². The standard InChI is InChI=1S/C15H13Cl2N5O/c1-23-8-2-3-9-10(4-8)15(20-18)22-21-14(9)5-11-12(16)6-19-7-13(11)17/h2-4,6-7H,5,18H2,1H3,(H,20,22). The van der Waals surface area contributed by atoms with Crippen LogP contribution in [0.3, 0.4) is 0 Å². The number of hydrogen-bond acceptors (Lipinski definition) is 6. The highest BCUT2D eigenvalue weighted by molar-refractivity contribution is 6.35. The number of pyridine rings is 1. The summed E-state index contributed by atoms with van der Waals surface area (Å²) in [6.07, 6.45) is 3.54. The summed E-state index contributed by atoms with van der Waals surface area (Å²) in [7, 11) is 1.60. The molecule has 3 rings (SSSR count). The highest BCUT2D eigenvalue weighted by atomic mass is 35.5. The SMILES string of the molecule is COc1ccc2c(Cc3c(Cl)cncc3Cl)nnc(NN)c2c1. The van der Waals surface area contributed by atoms with Crippen LogP contribution in [0.25, 0.3) is 10.8 Å². The van der Waals surface area contributed by atoms with Crippen molar-refractivity contribution in [1.82, 2.24) is 15.2 Å². The number of benzene rings is 1. The number of rotatable bonds is 4. The third-order valence-corrected chi connectivity index (χ3v) is 4.15. The molecule has 0 saturated heterocycles. The molecule has 2 aromatic heterocycles. The van der Waals surface area contributed by atoms with Crippen molar-refractivity contribution in [2.45, 2.75) is 6.42 Å². The lowest BCUT2D eigenvalue weighted by molar-refractivity contribution is 0.415. The Morgan fingerprint density at radius 3 is 2.52 bits per heavy atom. The molecule has 3 N–H and O–H groups in total. The number of ether oxygens (including phenoxy) is 1. The number of hydrazine groups is 1. The molecule has 0 unspecified atom stereocenters. The minimum atomic E-state index is 0.431. The second kappa shape index (κ2) is 6.54. The monoisotopic (exact) mass is 349 g/mol. The molecule has 0 aliphatic rings. The molecule has 6 nitrogen and oxygen atoms in total. The van der Waals surface area contributed by atoms with Gasteiger partial charge in [0.2, 0.25) is 0 Å². The van der Waals surface area contributed by atoms with Crippen LogP contribution in [0.1, 0.15) is 11.3 Å². The maximum absolute atomic E-state index is 6.19. The molecular weight excluding hydrogens is 337 g/mol. The molecule has 0 bridgehead atoms. The van der Waals surface area contributed by atoms with Crippen molar-refractivity contribution in [3.05, 3.63) is 51.9 Å². The van der Waals surface area contributed by atoms with E-state index in [4.69, 9.17) is 33.8 Å². The summed E-state index contributed by atoms with van der Waals surface area (Å²) in [6, 6.07) is 5.60. The minimum Gasteiger partial charge on any atom is -0.497 e. The van der Waals surface area contributed by atoms with Gasteiger partial charge in [-0.15, -0.1) is 5.10 Å². The number of anilines is 1. The number of fused-ring (bicyclic) bond motifs is 1. The van der Waals surface area contributed by atoms with Crippen LogP contribution in [-0.2, 0) is 6.42 Å². The van der Waals surface area contributed by atoms with Crippen LogP contribution in [0, 0.1) is 0 Å². The average molecular weight is 350 g/mol. The van der Waals surface area contributed by atoms with Crippen LogP contribution in [0.5, 0.6) is 5.75 Å². The number of methoxy groups -OCH3 is 1. The summed E-state index contributed by atoms with van der Waals surface area (Å²) in [5.41, 5.74) is 4.03. The van der Waals surface area contributed by atoms with E-state index >= 15 is 0 Å². The normalized spacial score (nSPS) is 10.8. The Kier molecular flexibility index (Phi) is 4.47. The Bertz CT molecular complexity index is 852. The van der Waals surface area contributed by atoms with Gasteiger partial charge in [0.25, 0.3) is 0 Å². The van der Waals surface area contributed by atoms with Crippen LogP contribution in [0.15, 0.2) is 30.6 Å². The van der Waals surface area contributed by atoms with Gasteiger partial charge < -0.3 is 10.2 Å². The summed E-state index contributed by atoms with van der Waals surface area (Å²) in [6.45, 7) is 0. The molecule has 118 valence electrons. The summed E-state index contributed by atoms with van der Waals surface area (Å²) < 4.78 is 5.25. The van der Waals surface area contributed by atoms with E-state index in [-0.39, 0.29) is 0 Å². The van der Waals surface area contributed by atoms with E-state index in [2.05, 4.69) is 20.6 Å². The highest BCUT2D eigenvalue weighted by Crippen LogP contribution is 2.31. The third-order valence-electron chi connectivity index (χ3n) is 3.50. The fourth-order valence-electron chi connectivity index (χ4n) is 2.33. The first-order valence-corrected chi connectivity index (χ1v) is 7.47. The van der Waals surface area contributed by atoms with E-state index < -0.39 is 0 Å². The van der Waals surface area contributed by atoms with Crippen molar-refractivity contribution >= 4 is 39.8 Å². The zero-order chi connectivity index (χ0) is 16.4. The number of nitrogen functional groups attached to an aromatic ring is 1. The van der Waals surface area contributed by atoms with Gasteiger partial charge >= 0.3 is 0 Å². The minimum absolute atomic E-state index is 0.431. The van der Waals surface area contributed by atoms with Gasteiger partial charge in [-0.05, 0) is 23.8 Å². The summed E-state index contributed by atoms with van der Waals surface area (Å²) in [5, 5.41) is 11.0. The molecule has 0 spiro atoms. The molecule has 8 heteroatoms. The predicted molar refractivity (Wildman–Crippen MR) is 91.0 cm³/mol. The molecule has 0 aliphatic heterocycles. The number of hydrogen-bond donors (Lipinski definition) is 2. The lowest BCUT2D eigenvalue weighted by Gasteiger charge is -2.11. The number of nitrogens with two attached hydrogens (primary N) is 1. The highest BCUT2D eigenvalue weighted by Gasteiger charge is 2.14. The number of nitrogens with zero attached hydrogens (tertiary/aromatic N) is 3. The summed E-state index contributed by atoms with van der Waals surface area (Å²) in [4.78, 5) is 3.96. The van der Waals surface area contributed by atoms with E-state index in [1.54, 1.807) is 19.5 Å². The van der Waals surface area contributed by atoms with E-state index in [1.165, 1.54) is 0 Å². The van der Waals surface area contributed by atoms with Gasteiger partial charge in [-0.25, -0.2) is 5.84 Å². The first-order valence-electron chi connectivity index (χ1n) is 6.72. The predicted octanol–water partition coefficient (Wildman–Crippen LogP) is 3.22. The Balaban J connectivity index is 2.15. The molecule has 23 heavy (non-hydrogen) atoms. The van der Waals surface area contributed by atoms with Gasteiger partial charge in [-0.3, -0.25) is 4.98 Å². The third kappa shape index (κ3) is 3.01. The van der Waals surface area contributed by atoms with Gasteiger partial charge in [-0.2, -0.15) is 5.10 Å². The Morgan fingerprint density at radius 1 is 1.13 bits per heavy atom. The van der Waals surface area contributed by atoms with E-state index in [0.29, 0.717) is 28.0 Å². The number of nitrogens with one attached hydrogen (secondary N) is 1. The van der Waals surface area contributed by atoms with Crippen LogP contribution >= 0.6 is 23.2 Å². The van der Waals surface area contributed by atoms with Crippen molar-refractivity contribution in [2.24, 2.45) is 5.84 Å². The molecule has 2 heterocycles. The smallest absolute Gasteiger partial charge is 0.170 e. The van der Waals surface area contributed by atoms with Crippen molar-refractivity contribution in [3.63, 3.8) is 0 Å². The fourth-order valence-corrected chi connectivity index (χ4v) is 2.83. The molecule has 0 radical (unpaired) electrons. The van der Waals surface area contributed by atoms with Crippen LogP contribution in [-0.4, -0.2) is 22.3 Å². The fraction of sp³-hybridized carbons (Fsp3) is 0.133. The van der Waals surface area contributed by atoms with Crippen molar-refractivity contribution in [2.75, 3.05) is 12.5 Å². The Morgan fingerprint density at radius 2 is 1.87 bits per heavy atom. The Labute approximate surface area is 142 Å². The molecular formula is C15H13Cl2N5O. The van der Waals surface area contributed by atoms with Gasteiger partial charge in [-0.1, -0.05) is 23.2 Å². The lowest BCUT2D eigenvalue weighted by atomic mass is 10.0. The zero-order valence-corrected chi connectivity index (χ0v) is 13.7. The van der Waals surface area contributed by atoms with E-state index in [1.807, 2.05) is 18.2 Å². The zero-order valence-electron chi connectivity index (χ0n) is 12.2. The second-order valence-corrected chi connectivity index (χ2v) is 5.62. The quantitative estimate of drug-likeness (QED) is 0.555. The van der Waals surface area contributed by atoms with Gasteiger partial charge in [0.05, 0.1) is 22.8 Å². The molecule has 0 saturated carbocycles. The molecule has 1 aromatic carbocycles. The van der Waals surface area contributed by atoms with Crippen molar-refractivity contribution in [1.29, 1.82) is 0 Å². The largest absolute Gasteiger partial charge is 0.497 e. The van der Waals surface area contributed by atoms with Crippen LogP contribution in [0.4, 0.5) is 5.82 Å². The number of halogens is 2. The molecule has 3 aromatic rings. The summed E-state index contributed by atoms with van der Waals surface area (Å²) >= 11 is 12.4. The Hall–Kier alpha value is -2.15. The van der Waals surface area contributed by atoms with E-state index in [0.717, 1.165) is 22.0 Å². The lowest BCUT2D eigenvalue weighted by Crippen LogP contribution is -2.11. The first-order chi connectivity index (χ1) is 11.1. The van der Waals surface area contributed by atoms with Crippen LogP contribution < -0.4 is 16.0 Å². The molecule has 0 amide bonds. The van der Waals surface area contributed by atoms with Crippen LogP contribution in [0.2, 0.25) is 10.0 Å². The van der Waals surface area contributed by atoms with Gasteiger partial charge in [0.15, 0.2) is 5.82 Å². The average Bonchev–Trinajstić information content (AvgIpc) is 2.57. The topological polar surface area (TPSA) is 86.0 Å².